The Hall–Kier alpha value is -0.123. The molecule has 102 valence electrons. The van der Waals surface area contributed by atoms with Gasteiger partial charge in [-0.05, 0) is 36.2 Å². The molecule has 0 aromatic heterocycles. The Morgan fingerprint density at radius 3 is 2.06 bits per heavy atom. The van der Waals surface area contributed by atoms with Crippen LogP contribution >= 0.6 is 15.9 Å². The first kappa shape index (κ1) is 15.9. The van der Waals surface area contributed by atoms with Crippen molar-refractivity contribution in [1.82, 2.24) is 0 Å². The first-order chi connectivity index (χ1) is 8.13. The second-order valence-electron chi connectivity index (χ2n) is 6.41. The monoisotopic (exact) mass is 328 g/mol. The van der Waals surface area contributed by atoms with E-state index in [0.29, 0.717) is 4.83 Å². The maximum absolute atomic E-state index is 6.21. The Balaban J connectivity index is 2.64. The van der Waals surface area contributed by atoms with Gasteiger partial charge in [-0.25, -0.2) is 0 Å². The van der Waals surface area contributed by atoms with E-state index in [1.54, 1.807) is 0 Å². The van der Waals surface area contributed by atoms with E-state index in [9.17, 15) is 0 Å². The van der Waals surface area contributed by atoms with Gasteiger partial charge < -0.3 is 4.43 Å². The minimum atomic E-state index is -1.63. The van der Waals surface area contributed by atoms with E-state index in [-0.39, 0.29) is 5.04 Å². The second kappa shape index (κ2) is 5.89. The molecule has 0 aliphatic rings. The number of alkyl halides is 1. The number of benzene rings is 1. The highest BCUT2D eigenvalue weighted by molar-refractivity contribution is 9.09. The van der Waals surface area contributed by atoms with Crippen LogP contribution in [0.25, 0.3) is 0 Å². The summed E-state index contributed by atoms with van der Waals surface area (Å²) >= 11 is 3.58. The summed E-state index contributed by atoms with van der Waals surface area (Å²) in [6.45, 7) is 14.3. The largest absolute Gasteiger partial charge is 0.413 e. The van der Waals surface area contributed by atoms with Gasteiger partial charge in [0.25, 0.3) is 0 Å². The van der Waals surface area contributed by atoms with Crippen molar-refractivity contribution in [2.45, 2.75) is 57.3 Å². The fraction of sp³-hybridized carbons (Fsp3) is 0.600. The molecule has 0 fully saturated rings. The normalized spacial score (nSPS) is 14.6. The van der Waals surface area contributed by atoms with Crippen molar-refractivity contribution in [2.24, 2.45) is 0 Å². The Labute approximate surface area is 121 Å². The molecule has 0 aliphatic heterocycles. The van der Waals surface area contributed by atoms with E-state index in [1.807, 2.05) is 0 Å². The third-order valence-corrected chi connectivity index (χ3v) is 8.85. The van der Waals surface area contributed by atoms with E-state index in [0.717, 1.165) is 6.61 Å². The van der Waals surface area contributed by atoms with Crippen molar-refractivity contribution < 1.29 is 4.43 Å². The molecule has 3 heteroatoms. The van der Waals surface area contributed by atoms with Gasteiger partial charge in [0.2, 0.25) is 0 Å². The van der Waals surface area contributed by atoms with Gasteiger partial charge >= 0.3 is 0 Å². The summed E-state index contributed by atoms with van der Waals surface area (Å²) in [5.74, 6) is 0. The van der Waals surface area contributed by atoms with E-state index in [4.69, 9.17) is 4.43 Å². The molecule has 0 bridgehead atoms. The van der Waals surface area contributed by atoms with Crippen molar-refractivity contribution in [3.63, 3.8) is 0 Å². The number of hydrogen-bond donors (Lipinski definition) is 0. The van der Waals surface area contributed by atoms with Crippen LogP contribution < -0.4 is 0 Å². The highest BCUT2D eigenvalue weighted by atomic mass is 79.9. The zero-order chi connectivity index (χ0) is 14.0. The smallest absolute Gasteiger partial charge is 0.192 e. The first-order valence-electron chi connectivity index (χ1n) is 6.50. The summed E-state index contributed by atoms with van der Waals surface area (Å²) in [7, 11) is -1.63. The number of hydrogen-bond acceptors (Lipinski definition) is 1. The SMILES string of the molecule is CC(Br)c1ccc(CO[Si](C)(C)C(C)(C)C)cc1. The Morgan fingerprint density at radius 1 is 1.17 bits per heavy atom. The van der Waals surface area contributed by atoms with Crippen LogP contribution in [0.4, 0.5) is 0 Å². The summed E-state index contributed by atoms with van der Waals surface area (Å²) in [5, 5.41) is 0.275. The molecule has 1 atom stereocenters. The minimum Gasteiger partial charge on any atom is -0.413 e. The molecule has 1 aromatic rings. The van der Waals surface area contributed by atoms with Crippen LogP contribution in [0.1, 0.15) is 43.6 Å². The average molecular weight is 329 g/mol. The van der Waals surface area contributed by atoms with Crippen molar-refractivity contribution in [3.05, 3.63) is 35.4 Å². The van der Waals surface area contributed by atoms with Gasteiger partial charge in [0.15, 0.2) is 8.32 Å². The summed E-state index contributed by atoms with van der Waals surface area (Å²) in [6, 6.07) is 8.67. The standard InChI is InChI=1S/C15H25BrOSi/c1-12(16)14-9-7-13(8-10-14)11-17-18(5,6)15(2,3)4/h7-10,12H,11H2,1-6H3. The molecule has 1 aromatic carbocycles. The molecule has 1 unspecified atom stereocenters. The van der Waals surface area contributed by atoms with Gasteiger partial charge in [-0.15, -0.1) is 0 Å². The lowest BCUT2D eigenvalue weighted by Crippen LogP contribution is -2.40. The van der Waals surface area contributed by atoms with Crippen LogP contribution in [0.15, 0.2) is 24.3 Å². The molecule has 0 saturated heterocycles. The fourth-order valence-corrected chi connectivity index (χ4v) is 2.63. The zero-order valence-corrected chi connectivity index (χ0v) is 15.0. The molecule has 1 rings (SSSR count). The molecule has 18 heavy (non-hydrogen) atoms. The maximum atomic E-state index is 6.21. The van der Waals surface area contributed by atoms with Crippen molar-refractivity contribution in [3.8, 4) is 0 Å². The van der Waals surface area contributed by atoms with E-state index in [2.05, 4.69) is 81.0 Å². The lowest BCUT2D eigenvalue weighted by Gasteiger charge is -2.36. The Kier molecular flexibility index (Phi) is 5.21. The molecule has 0 spiro atoms. The Morgan fingerprint density at radius 2 is 1.67 bits per heavy atom. The minimum absolute atomic E-state index is 0.275. The number of halogens is 1. The van der Waals surface area contributed by atoms with Gasteiger partial charge in [0.1, 0.15) is 0 Å². The molecular formula is C15H25BrOSi. The van der Waals surface area contributed by atoms with Crippen LogP contribution in [-0.2, 0) is 11.0 Å². The summed E-state index contributed by atoms with van der Waals surface area (Å²) < 4.78 is 6.21. The van der Waals surface area contributed by atoms with E-state index >= 15 is 0 Å². The predicted octanol–water partition coefficient (Wildman–Crippen LogP) is 5.66. The maximum Gasteiger partial charge on any atom is 0.192 e. The van der Waals surface area contributed by atoms with Crippen molar-refractivity contribution in [1.29, 1.82) is 0 Å². The van der Waals surface area contributed by atoms with Crippen molar-refractivity contribution >= 4 is 24.2 Å². The summed E-state index contributed by atoms with van der Waals surface area (Å²) in [4.78, 5) is 0.410. The number of rotatable bonds is 4. The van der Waals surface area contributed by atoms with Crippen LogP contribution in [0.5, 0.6) is 0 Å². The highest BCUT2D eigenvalue weighted by Gasteiger charge is 2.36. The van der Waals surface area contributed by atoms with Crippen LogP contribution in [0.3, 0.4) is 0 Å². The third-order valence-electron chi connectivity index (χ3n) is 3.84. The van der Waals surface area contributed by atoms with E-state index in [1.165, 1.54) is 11.1 Å². The molecule has 1 nitrogen and oxygen atoms in total. The van der Waals surface area contributed by atoms with Crippen LogP contribution in [0, 0.1) is 0 Å². The molecule has 0 N–H and O–H groups in total. The Bertz CT molecular complexity index is 376. The molecular weight excluding hydrogens is 304 g/mol. The van der Waals surface area contributed by atoms with Gasteiger partial charge in [-0.3, -0.25) is 0 Å². The lowest BCUT2D eigenvalue weighted by atomic mass is 10.1. The summed E-state index contributed by atoms with van der Waals surface area (Å²) in [6.07, 6.45) is 0. The van der Waals surface area contributed by atoms with Gasteiger partial charge in [-0.2, -0.15) is 0 Å². The molecule has 0 aliphatic carbocycles. The highest BCUT2D eigenvalue weighted by Crippen LogP contribution is 2.37. The second-order valence-corrected chi connectivity index (χ2v) is 12.6. The quantitative estimate of drug-likeness (QED) is 0.511. The van der Waals surface area contributed by atoms with Gasteiger partial charge in [0.05, 0.1) is 6.61 Å². The zero-order valence-electron chi connectivity index (χ0n) is 12.4. The molecule has 0 amide bonds. The van der Waals surface area contributed by atoms with E-state index < -0.39 is 8.32 Å². The van der Waals surface area contributed by atoms with Crippen LogP contribution in [-0.4, -0.2) is 8.32 Å². The van der Waals surface area contributed by atoms with Crippen molar-refractivity contribution in [2.75, 3.05) is 0 Å². The molecule has 0 radical (unpaired) electrons. The lowest BCUT2D eigenvalue weighted by molar-refractivity contribution is 0.276. The predicted molar refractivity (Wildman–Crippen MR) is 85.8 cm³/mol. The average Bonchev–Trinajstić information content (AvgIpc) is 2.25. The first-order valence-corrected chi connectivity index (χ1v) is 10.3. The molecule has 0 heterocycles. The topological polar surface area (TPSA) is 9.23 Å². The van der Waals surface area contributed by atoms with Crippen LogP contribution in [0.2, 0.25) is 18.1 Å². The van der Waals surface area contributed by atoms with Gasteiger partial charge in [0, 0.05) is 4.83 Å². The summed E-state index contributed by atoms with van der Waals surface area (Å²) in [5.41, 5.74) is 2.57. The fourth-order valence-electron chi connectivity index (χ4n) is 1.36. The third kappa shape index (κ3) is 4.21. The van der Waals surface area contributed by atoms with Gasteiger partial charge in [-0.1, -0.05) is 61.0 Å². The molecule has 0 saturated carbocycles.